The van der Waals surface area contributed by atoms with Gasteiger partial charge in [-0.2, -0.15) is 11.3 Å². The van der Waals surface area contributed by atoms with Gasteiger partial charge in [-0.05, 0) is 59.6 Å². The molecule has 0 saturated carbocycles. The molecule has 1 N–H and O–H groups in total. The van der Waals surface area contributed by atoms with E-state index in [0.717, 1.165) is 4.47 Å². The molecule has 0 aliphatic carbocycles. The van der Waals surface area contributed by atoms with E-state index in [1.54, 1.807) is 11.3 Å². The zero-order valence-electron chi connectivity index (χ0n) is 9.33. The van der Waals surface area contributed by atoms with E-state index >= 15 is 0 Å². The van der Waals surface area contributed by atoms with Crippen LogP contribution in [0.2, 0.25) is 0 Å². The van der Waals surface area contributed by atoms with Gasteiger partial charge in [-0.15, -0.1) is 0 Å². The van der Waals surface area contributed by atoms with Crippen LogP contribution in [0.5, 0.6) is 0 Å². The van der Waals surface area contributed by atoms with Gasteiger partial charge in [0.05, 0.1) is 6.04 Å². The average Bonchev–Trinajstić information content (AvgIpc) is 2.78. The molecule has 0 radical (unpaired) electrons. The van der Waals surface area contributed by atoms with Gasteiger partial charge in [-0.25, -0.2) is 0 Å². The van der Waals surface area contributed by atoms with E-state index in [2.05, 4.69) is 63.2 Å². The van der Waals surface area contributed by atoms with Gasteiger partial charge in [-0.1, -0.05) is 22.0 Å². The summed E-state index contributed by atoms with van der Waals surface area (Å²) in [6.07, 6.45) is 0. The van der Waals surface area contributed by atoms with Gasteiger partial charge in [0.15, 0.2) is 0 Å². The molecule has 2 rings (SSSR count). The second kappa shape index (κ2) is 5.13. The van der Waals surface area contributed by atoms with Gasteiger partial charge >= 0.3 is 0 Å². The average molecular weight is 296 g/mol. The molecule has 1 nitrogen and oxygen atoms in total. The zero-order valence-corrected chi connectivity index (χ0v) is 11.7. The molecule has 2 aromatic rings. The molecule has 0 amide bonds. The van der Waals surface area contributed by atoms with Crippen LogP contribution in [0.4, 0.5) is 0 Å². The first-order valence-electron chi connectivity index (χ1n) is 5.18. The van der Waals surface area contributed by atoms with Crippen molar-refractivity contribution in [3.63, 3.8) is 0 Å². The van der Waals surface area contributed by atoms with Crippen LogP contribution in [0.1, 0.15) is 22.7 Å². The van der Waals surface area contributed by atoms with Crippen molar-refractivity contribution in [2.24, 2.45) is 0 Å². The first-order valence-corrected chi connectivity index (χ1v) is 6.91. The van der Waals surface area contributed by atoms with Crippen molar-refractivity contribution in [3.8, 4) is 0 Å². The van der Waals surface area contributed by atoms with Crippen molar-refractivity contribution in [2.45, 2.75) is 13.0 Å². The van der Waals surface area contributed by atoms with E-state index in [1.807, 2.05) is 7.05 Å². The summed E-state index contributed by atoms with van der Waals surface area (Å²) in [5.41, 5.74) is 3.97. The van der Waals surface area contributed by atoms with Crippen molar-refractivity contribution in [2.75, 3.05) is 7.05 Å². The minimum Gasteiger partial charge on any atom is -0.309 e. The summed E-state index contributed by atoms with van der Waals surface area (Å²) in [6.45, 7) is 2.15. The number of aryl methyl sites for hydroxylation is 1. The lowest BCUT2D eigenvalue weighted by Crippen LogP contribution is -2.18. The number of rotatable bonds is 3. The molecule has 0 fully saturated rings. The van der Waals surface area contributed by atoms with Gasteiger partial charge in [0.1, 0.15) is 0 Å². The Hall–Kier alpha value is -0.640. The first-order chi connectivity index (χ1) is 7.72. The summed E-state index contributed by atoms with van der Waals surface area (Å²) in [6, 6.07) is 8.87. The van der Waals surface area contributed by atoms with Crippen molar-refractivity contribution in [3.05, 3.63) is 56.2 Å². The van der Waals surface area contributed by atoms with E-state index in [-0.39, 0.29) is 6.04 Å². The largest absolute Gasteiger partial charge is 0.309 e. The fourth-order valence-electron chi connectivity index (χ4n) is 1.86. The molecule has 0 aliphatic heterocycles. The van der Waals surface area contributed by atoms with Crippen LogP contribution >= 0.6 is 27.3 Å². The van der Waals surface area contributed by atoms with Crippen LogP contribution in [0.3, 0.4) is 0 Å². The van der Waals surface area contributed by atoms with E-state index in [9.17, 15) is 0 Å². The minimum absolute atomic E-state index is 0.281. The van der Waals surface area contributed by atoms with Crippen LogP contribution in [0.25, 0.3) is 0 Å². The Balaban J connectivity index is 2.44. The highest BCUT2D eigenvalue weighted by molar-refractivity contribution is 9.10. The molecule has 0 spiro atoms. The van der Waals surface area contributed by atoms with Gasteiger partial charge in [0.25, 0.3) is 0 Å². The van der Waals surface area contributed by atoms with Gasteiger partial charge in [0, 0.05) is 4.47 Å². The molecule has 1 unspecified atom stereocenters. The Morgan fingerprint density at radius 3 is 2.75 bits per heavy atom. The molecule has 1 heterocycles. The lowest BCUT2D eigenvalue weighted by atomic mass is 9.97. The highest BCUT2D eigenvalue weighted by Gasteiger charge is 2.14. The third-order valence-electron chi connectivity index (χ3n) is 2.72. The van der Waals surface area contributed by atoms with Crippen molar-refractivity contribution >= 4 is 27.3 Å². The van der Waals surface area contributed by atoms with Gasteiger partial charge in [0.2, 0.25) is 0 Å². The normalized spacial score (nSPS) is 12.7. The molecule has 3 heteroatoms. The smallest absolute Gasteiger partial charge is 0.0585 e. The van der Waals surface area contributed by atoms with Crippen molar-refractivity contribution in [1.82, 2.24) is 5.32 Å². The lowest BCUT2D eigenvalue weighted by molar-refractivity contribution is 0.689. The van der Waals surface area contributed by atoms with Crippen LogP contribution in [0.15, 0.2) is 39.5 Å². The monoisotopic (exact) mass is 295 g/mol. The molecular weight excluding hydrogens is 282 g/mol. The Kier molecular flexibility index (Phi) is 3.79. The molecule has 1 aromatic carbocycles. The molecule has 0 aliphatic rings. The third-order valence-corrected chi connectivity index (χ3v) is 3.91. The number of benzene rings is 1. The van der Waals surface area contributed by atoms with E-state index in [4.69, 9.17) is 0 Å². The molecule has 16 heavy (non-hydrogen) atoms. The Bertz CT molecular complexity index is 465. The van der Waals surface area contributed by atoms with E-state index < -0.39 is 0 Å². The maximum absolute atomic E-state index is 3.53. The number of halogens is 1. The van der Waals surface area contributed by atoms with Gasteiger partial charge in [-0.3, -0.25) is 0 Å². The number of thiophene rings is 1. The minimum atomic E-state index is 0.281. The van der Waals surface area contributed by atoms with Crippen LogP contribution in [-0.4, -0.2) is 7.05 Å². The van der Waals surface area contributed by atoms with Crippen LogP contribution in [-0.2, 0) is 0 Å². The predicted molar refractivity (Wildman–Crippen MR) is 74.1 cm³/mol. The summed E-state index contributed by atoms with van der Waals surface area (Å²) < 4.78 is 1.13. The summed E-state index contributed by atoms with van der Waals surface area (Å²) in [5, 5.41) is 7.69. The Morgan fingerprint density at radius 2 is 2.12 bits per heavy atom. The molecule has 0 saturated heterocycles. The highest BCUT2D eigenvalue weighted by atomic mass is 79.9. The molecule has 0 bridgehead atoms. The third kappa shape index (κ3) is 2.37. The topological polar surface area (TPSA) is 12.0 Å². The Morgan fingerprint density at radius 1 is 1.31 bits per heavy atom. The van der Waals surface area contributed by atoms with Crippen molar-refractivity contribution in [1.29, 1.82) is 0 Å². The second-order valence-electron chi connectivity index (χ2n) is 3.78. The number of nitrogens with one attached hydrogen (secondary N) is 1. The fourth-order valence-corrected chi connectivity index (χ4v) is 2.93. The Labute approximate surface area is 109 Å². The summed E-state index contributed by atoms with van der Waals surface area (Å²) in [5.74, 6) is 0. The van der Waals surface area contributed by atoms with E-state index in [1.165, 1.54) is 16.7 Å². The predicted octanol–water partition coefficient (Wildman–Crippen LogP) is 4.13. The first kappa shape index (κ1) is 11.8. The van der Waals surface area contributed by atoms with E-state index in [0.29, 0.717) is 0 Å². The summed E-state index contributed by atoms with van der Waals surface area (Å²) in [7, 11) is 2.00. The maximum atomic E-state index is 3.53. The van der Waals surface area contributed by atoms with Gasteiger partial charge < -0.3 is 5.32 Å². The molecule has 1 aromatic heterocycles. The highest BCUT2D eigenvalue weighted by Crippen LogP contribution is 2.28. The molecule has 84 valence electrons. The molecule has 1 atom stereocenters. The second-order valence-corrected chi connectivity index (χ2v) is 5.47. The van der Waals surface area contributed by atoms with Crippen molar-refractivity contribution < 1.29 is 0 Å². The SMILES string of the molecule is CNC(c1ccsc1)c1cc(Br)ccc1C. The quantitative estimate of drug-likeness (QED) is 0.898. The standard InChI is InChI=1S/C13H14BrNS/c1-9-3-4-11(14)7-12(9)13(15-2)10-5-6-16-8-10/h3-8,13,15H,1-2H3. The number of hydrogen-bond donors (Lipinski definition) is 1. The maximum Gasteiger partial charge on any atom is 0.0585 e. The van der Waals surface area contributed by atoms with Crippen LogP contribution in [0, 0.1) is 6.92 Å². The lowest BCUT2D eigenvalue weighted by Gasteiger charge is -2.18. The summed E-state index contributed by atoms with van der Waals surface area (Å²) in [4.78, 5) is 0. The van der Waals surface area contributed by atoms with Crippen LogP contribution < -0.4 is 5.32 Å². The zero-order chi connectivity index (χ0) is 11.5. The molecular formula is C13H14BrNS. The number of hydrogen-bond acceptors (Lipinski definition) is 2. The summed E-state index contributed by atoms with van der Waals surface area (Å²) >= 11 is 5.27. The fraction of sp³-hybridized carbons (Fsp3) is 0.231.